The van der Waals surface area contributed by atoms with Crippen molar-refractivity contribution in [2.24, 2.45) is 11.7 Å². The van der Waals surface area contributed by atoms with Crippen LogP contribution >= 0.6 is 11.6 Å². The molecule has 16 heavy (non-hydrogen) atoms. The van der Waals surface area contributed by atoms with Crippen molar-refractivity contribution in [3.8, 4) is 0 Å². The van der Waals surface area contributed by atoms with Crippen molar-refractivity contribution >= 4 is 29.0 Å². The van der Waals surface area contributed by atoms with Gasteiger partial charge in [0.2, 0.25) is 11.2 Å². The van der Waals surface area contributed by atoms with Crippen molar-refractivity contribution in [2.45, 2.75) is 19.9 Å². The van der Waals surface area contributed by atoms with Crippen molar-refractivity contribution in [1.82, 2.24) is 9.97 Å². The Bertz CT molecular complexity index is 395. The first kappa shape index (κ1) is 12.5. The van der Waals surface area contributed by atoms with E-state index in [-0.39, 0.29) is 11.2 Å². The molecule has 5 N–H and O–H groups in total. The Hall–Kier alpha value is -1.56. The Morgan fingerprint density at radius 1 is 1.56 bits per heavy atom. The molecule has 0 fully saturated rings. The molecular formula is C9H14ClN5O. The lowest BCUT2D eigenvalue weighted by Crippen LogP contribution is -2.40. The van der Waals surface area contributed by atoms with E-state index in [1.54, 1.807) is 0 Å². The van der Waals surface area contributed by atoms with Gasteiger partial charge in [-0.2, -0.15) is 4.98 Å². The molecule has 7 heteroatoms. The van der Waals surface area contributed by atoms with E-state index < -0.39 is 11.9 Å². The van der Waals surface area contributed by atoms with Crippen molar-refractivity contribution in [2.75, 3.05) is 11.1 Å². The molecule has 1 aromatic rings. The molecule has 0 spiro atoms. The fraction of sp³-hybridized carbons (Fsp3) is 0.444. The Morgan fingerprint density at radius 2 is 2.19 bits per heavy atom. The highest BCUT2D eigenvalue weighted by Gasteiger charge is 2.20. The van der Waals surface area contributed by atoms with E-state index in [1.165, 1.54) is 6.20 Å². The number of nitrogens with two attached hydrogens (primary N) is 2. The first-order chi connectivity index (χ1) is 7.41. The largest absolute Gasteiger partial charge is 0.394 e. The summed E-state index contributed by atoms with van der Waals surface area (Å²) in [7, 11) is 0. The van der Waals surface area contributed by atoms with Crippen LogP contribution < -0.4 is 16.8 Å². The Balaban J connectivity index is 2.93. The summed E-state index contributed by atoms with van der Waals surface area (Å²) in [6.07, 6.45) is 1.37. The molecule has 0 radical (unpaired) electrons. The topological polar surface area (TPSA) is 107 Å². The van der Waals surface area contributed by atoms with E-state index in [1.807, 2.05) is 13.8 Å². The normalized spacial score (nSPS) is 12.5. The van der Waals surface area contributed by atoms with Gasteiger partial charge in [-0.15, -0.1) is 0 Å². The number of hydrogen-bond acceptors (Lipinski definition) is 5. The van der Waals surface area contributed by atoms with Gasteiger partial charge in [0.25, 0.3) is 0 Å². The van der Waals surface area contributed by atoms with Crippen LogP contribution in [0.4, 0.5) is 11.5 Å². The standard InChI is InChI=1S/C9H14ClN5O/c1-4(2)6(7(12)16)14-8-5(11)3-13-9(10)15-8/h3-4,6H,11H2,1-2H3,(H2,12,16)(H,13,14,15). The number of aromatic nitrogens is 2. The zero-order chi connectivity index (χ0) is 12.3. The summed E-state index contributed by atoms with van der Waals surface area (Å²) in [5.41, 5.74) is 11.2. The number of anilines is 2. The lowest BCUT2D eigenvalue weighted by atomic mass is 10.0. The quantitative estimate of drug-likeness (QED) is 0.673. The summed E-state index contributed by atoms with van der Waals surface area (Å²) in [4.78, 5) is 18.8. The average Bonchev–Trinajstić information content (AvgIpc) is 2.18. The number of carbonyl (C=O) groups excluding carboxylic acids is 1. The van der Waals surface area contributed by atoms with Gasteiger partial charge in [0.1, 0.15) is 6.04 Å². The lowest BCUT2D eigenvalue weighted by molar-refractivity contribution is -0.119. The molecule has 0 aromatic carbocycles. The van der Waals surface area contributed by atoms with Crippen LogP contribution in [0, 0.1) is 5.92 Å². The maximum absolute atomic E-state index is 11.2. The molecule has 1 heterocycles. The number of nitrogen functional groups attached to an aromatic ring is 1. The van der Waals surface area contributed by atoms with E-state index in [0.29, 0.717) is 11.5 Å². The molecule has 0 aliphatic rings. The lowest BCUT2D eigenvalue weighted by Gasteiger charge is -2.20. The van der Waals surface area contributed by atoms with Crippen molar-refractivity contribution in [3.63, 3.8) is 0 Å². The molecule has 0 saturated heterocycles. The first-order valence-electron chi connectivity index (χ1n) is 4.75. The van der Waals surface area contributed by atoms with E-state index >= 15 is 0 Å². The van der Waals surface area contributed by atoms with Crippen LogP contribution in [0.3, 0.4) is 0 Å². The van der Waals surface area contributed by atoms with Crippen LogP contribution in [0.1, 0.15) is 13.8 Å². The van der Waals surface area contributed by atoms with Gasteiger partial charge in [0, 0.05) is 0 Å². The van der Waals surface area contributed by atoms with Gasteiger partial charge in [-0.05, 0) is 17.5 Å². The van der Waals surface area contributed by atoms with Gasteiger partial charge < -0.3 is 16.8 Å². The second-order valence-corrected chi connectivity index (χ2v) is 4.05. The average molecular weight is 244 g/mol. The minimum Gasteiger partial charge on any atom is -0.394 e. The van der Waals surface area contributed by atoms with Crippen molar-refractivity contribution in [1.29, 1.82) is 0 Å². The SMILES string of the molecule is CC(C)C(Nc1nc(Cl)ncc1N)C(N)=O. The van der Waals surface area contributed by atoms with E-state index in [0.717, 1.165) is 0 Å². The number of rotatable bonds is 4. The highest BCUT2D eigenvalue weighted by Crippen LogP contribution is 2.18. The molecule has 1 unspecified atom stereocenters. The van der Waals surface area contributed by atoms with Crippen LogP contribution in [-0.4, -0.2) is 21.9 Å². The molecular weight excluding hydrogens is 230 g/mol. The number of hydrogen-bond donors (Lipinski definition) is 3. The zero-order valence-corrected chi connectivity index (χ0v) is 9.82. The number of primary amides is 1. The number of nitrogens with one attached hydrogen (secondary N) is 1. The summed E-state index contributed by atoms with van der Waals surface area (Å²) in [6, 6.07) is -0.548. The number of carbonyl (C=O) groups is 1. The molecule has 1 aromatic heterocycles. The molecule has 88 valence electrons. The summed E-state index contributed by atoms with van der Waals surface area (Å²) in [5, 5.41) is 2.91. The molecule has 0 saturated carbocycles. The summed E-state index contributed by atoms with van der Waals surface area (Å²) < 4.78 is 0. The van der Waals surface area contributed by atoms with Crippen LogP contribution in [0.15, 0.2) is 6.20 Å². The maximum Gasteiger partial charge on any atom is 0.240 e. The smallest absolute Gasteiger partial charge is 0.240 e. The van der Waals surface area contributed by atoms with Gasteiger partial charge in [0.05, 0.1) is 11.9 Å². The Labute approximate surface area is 98.4 Å². The van der Waals surface area contributed by atoms with Gasteiger partial charge in [-0.1, -0.05) is 13.8 Å². The van der Waals surface area contributed by atoms with E-state index in [2.05, 4.69) is 15.3 Å². The first-order valence-corrected chi connectivity index (χ1v) is 5.13. The summed E-state index contributed by atoms with van der Waals surface area (Å²) in [5.74, 6) is -0.132. The Morgan fingerprint density at radius 3 is 2.69 bits per heavy atom. The monoisotopic (exact) mass is 243 g/mol. The van der Waals surface area contributed by atoms with Crippen LogP contribution in [-0.2, 0) is 4.79 Å². The van der Waals surface area contributed by atoms with E-state index in [9.17, 15) is 4.79 Å². The van der Waals surface area contributed by atoms with Gasteiger partial charge in [-0.3, -0.25) is 4.79 Å². The summed E-state index contributed by atoms with van der Waals surface area (Å²) in [6.45, 7) is 3.73. The third-order valence-corrected chi connectivity index (χ3v) is 2.24. The third-order valence-electron chi connectivity index (χ3n) is 2.05. The Kier molecular flexibility index (Phi) is 3.89. The van der Waals surface area contributed by atoms with Crippen molar-refractivity contribution < 1.29 is 4.79 Å². The second kappa shape index (κ2) is 4.98. The fourth-order valence-corrected chi connectivity index (χ4v) is 1.33. The molecule has 1 amide bonds. The highest BCUT2D eigenvalue weighted by molar-refractivity contribution is 6.28. The number of halogens is 1. The van der Waals surface area contributed by atoms with Crippen LogP contribution in [0.2, 0.25) is 5.28 Å². The molecule has 6 nitrogen and oxygen atoms in total. The number of nitrogens with zero attached hydrogens (tertiary/aromatic N) is 2. The van der Waals surface area contributed by atoms with Crippen LogP contribution in [0.5, 0.6) is 0 Å². The molecule has 0 bridgehead atoms. The molecule has 0 aliphatic carbocycles. The van der Waals surface area contributed by atoms with Gasteiger partial charge in [0.15, 0.2) is 5.82 Å². The summed E-state index contributed by atoms with van der Waals surface area (Å²) >= 11 is 5.63. The van der Waals surface area contributed by atoms with Crippen LogP contribution in [0.25, 0.3) is 0 Å². The maximum atomic E-state index is 11.2. The molecule has 0 aliphatic heterocycles. The zero-order valence-electron chi connectivity index (χ0n) is 9.07. The fourth-order valence-electron chi connectivity index (χ4n) is 1.20. The predicted molar refractivity (Wildman–Crippen MR) is 62.9 cm³/mol. The van der Waals surface area contributed by atoms with Gasteiger partial charge >= 0.3 is 0 Å². The number of amides is 1. The predicted octanol–water partition coefficient (Wildman–Crippen LogP) is 0.634. The minimum atomic E-state index is -0.548. The minimum absolute atomic E-state index is 0.0191. The molecule has 1 atom stereocenters. The van der Waals surface area contributed by atoms with Crippen molar-refractivity contribution in [3.05, 3.63) is 11.5 Å². The van der Waals surface area contributed by atoms with Gasteiger partial charge in [-0.25, -0.2) is 4.98 Å². The highest BCUT2D eigenvalue weighted by atomic mass is 35.5. The molecule has 1 rings (SSSR count). The van der Waals surface area contributed by atoms with E-state index in [4.69, 9.17) is 23.1 Å². The second-order valence-electron chi connectivity index (χ2n) is 3.71. The third kappa shape index (κ3) is 2.96.